The van der Waals surface area contributed by atoms with Crippen LogP contribution >= 0.6 is 0 Å². The molecule has 0 atom stereocenters. The smallest absolute Gasteiger partial charge is 0.282 e. The van der Waals surface area contributed by atoms with Crippen molar-refractivity contribution in [2.45, 2.75) is 39.7 Å². The Morgan fingerprint density at radius 1 is 0.871 bits per heavy atom. The van der Waals surface area contributed by atoms with Crippen molar-refractivity contribution in [3.8, 4) is 0 Å². The van der Waals surface area contributed by atoms with Crippen LogP contribution in [-0.2, 0) is 9.59 Å². The maximum atomic E-state index is 13.7. The zero-order valence-corrected chi connectivity index (χ0v) is 19.1. The Balaban J connectivity index is 1.80. The average molecular weight is 418 g/mol. The van der Waals surface area contributed by atoms with Crippen LogP contribution in [0.15, 0.2) is 48.2 Å². The third-order valence-electron chi connectivity index (χ3n) is 6.74. The first-order valence-electron chi connectivity index (χ1n) is 11.0. The Morgan fingerprint density at radius 3 is 2.13 bits per heavy atom. The number of likely N-dealkylation sites (N-methyl/N-ethyl adjacent to an activating group) is 1. The summed E-state index contributed by atoms with van der Waals surface area (Å²) in [7, 11) is 4.09. The van der Waals surface area contributed by atoms with E-state index in [0.29, 0.717) is 17.0 Å². The van der Waals surface area contributed by atoms with Crippen LogP contribution in [0.4, 0.5) is 5.69 Å². The number of hydrogen-bond donors (Lipinski definition) is 0. The molecule has 1 saturated heterocycles. The molecule has 2 amide bonds. The molecule has 31 heavy (non-hydrogen) atoms. The number of amides is 2. The number of rotatable bonds is 4. The molecule has 2 aliphatic rings. The molecule has 0 unspecified atom stereocenters. The van der Waals surface area contributed by atoms with Crippen molar-refractivity contribution < 1.29 is 9.59 Å². The van der Waals surface area contributed by atoms with Crippen molar-refractivity contribution >= 4 is 23.1 Å². The zero-order valence-electron chi connectivity index (χ0n) is 19.1. The molecule has 5 heteroatoms. The van der Waals surface area contributed by atoms with Crippen LogP contribution in [0.3, 0.4) is 0 Å². The Morgan fingerprint density at radius 2 is 1.52 bits per heavy atom. The van der Waals surface area contributed by atoms with Gasteiger partial charge in [0.05, 0.1) is 11.3 Å². The van der Waals surface area contributed by atoms with Crippen molar-refractivity contribution in [2.24, 2.45) is 0 Å². The molecule has 2 aliphatic heterocycles. The van der Waals surface area contributed by atoms with Gasteiger partial charge in [0, 0.05) is 13.1 Å². The van der Waals surface area contributed by atoms with Crippen molar-refractivity contribution in [1.82, 2.24) is 9.80 Å². The van der Waals surface area contributed by atoms with Crippen LogP contribution in [0.5, 0.6) is 0 Å². The fourth-order valence-electron chi connectivity index (χ4n) is 4.50. The van der Waals surface area contributed by atoms with Gasteiger partial charge in [-0.15, -0.1) is 0 Å². The molecule has 0 saturated carbocycles. The highest BCUT2D eigenvalue weighted by molar-refractivity contribution is 6.45. The number of nitrogens with zero attached hydrogens (tertiary/aromatic N) is 3. The molecule has 4 rings (SSSR count). The van der Waals surface area contributed by atoms with Crippen molar-refractivity contribution in [2.75, 3.05) is 32.1 Å². The predicted octanol–water partition coefficient (Wildman–Crippen LogP) is 3.92. The molecule has 5 nitrogen and oxygen atoms in total. The maximum absolute atomic E-state index is 13.7. The number of aryl methyl sites for hydroxylation is 3. The molecule has 0 radical (unpaired) electrons. The van der Waals surface area contributed by atoms with Gasteiger partial charge >= 0.3 is 0 Å². The molecule has 0 spiro atoms. The summed E-state index contributed by atoms with van der Waals surface area (Å²) in [6, 6.07) is 13.8. The molecular weight excluding hydrogens is 386 g/mol. The SMILES string of the molecule is Cc1ccc(N2C(=O)C(c3ccc(C)c(C)c3)=C(N(C)C3CCN(C)CC3)C2=O)cc1. The lowest BCUT2D eigenvalue weighted by Gasteiger charge is -2.36. The first-order valence-corrected chi connectivity index (χ1v) is 11.0. The normalized spacial score (nSPS) is 18.3. The summed E-state index contributed by atoms with van der Waals surface area (Å²) < 4.78 is 0. The Labute approximate surface area is 184 Å². The largest absolute Gasteiger partial charge is 0.366 e. The minimum atomic E-state index is -0.244. The van der Waals surface area contributed by atoms with E-state index in [1.54, 1.807) is 0 Å². The third kappa shape index (κ3) is 3.90. The van der Waals surface area contributed by atoms with Crippen LogP contribution < -0.4 is 4.90 Å². The van der Waals surface area contributed by atoms with Gasteiger partial charge in [0.2, 0.25) is 0 Å². The molecule has 0 aromatic heterocycles. The van der Waals surface area contributed by atoms with E-state index in [2.05, 4.69) is 23.8 Å². The second-order valence-corrected chi connectivity index (χ2v) is 8.95. The highest BCUT2D eigenvalue weighted by Crippen LogP contribution is 2.36. The fourth-order valence-corrected chi connectivity index (χ4v) is 4.50. The number of piperidine rings is 1. The second kappa shape index (κ2) is 8.31. The molecule has 0 aliphatic carbocycles. The first kappa shape index (κ1) is 21.3. The summed E-state index contributed by atoms with van der Waals surface area (Å²) >= 11 is 0. The summed E-state index contributed by atoms with van der Waals surface area (Å²) in [5.74, 6) is -0.476. The molecule has 0 bridgehead atoms. The molecular formula is C26H31N3O2. The molecule has 2 heterocycles. The van der Waals surface area contributed by atoms with Gasteiger partial charge in [-0.05, 0) is 82.6 Å². The number of imide groups is 1. The summed E-state index contributed by atoms with van der Waals surface area (Å²) in [5, 5.41) is 0. The number of carbonyl (C=O) groups is 2. The van der Waals surface area contributed by atoms with Gasteiger partial charge in [0.1, 0.15) is 5.70 Å². The van der Waals surface area contributed by atoms with Crippen LogP contribution in [0.2, 0.25) is 0 Å². The summed E-state index contributed by atoms with van der Waals surface area (Å²) in [6.07, 6.45) is 1.95. The Kier molecular flexibility index (Phi) is 5.71. The molecule has 0 N–H and O–H groups in total. The number of carbonyl (C=O) groups excluding carboxylic acids is 2. The standard InChI is InChI=1S/C26H31N3O2/c1-17-6-10-22(11-7-17)29-25(30)23(20-9-8-18(2)19(3)16-20)24(26(29)31)28(5)21-12-14-27(4)15-13-21/h6-11,16,21H,12-15H2,1-5H3. The maximum Gasteiger partial charge on any atom is 0.282 e. The van der Waals surface area contributed by atoms with E-state index in [-0.39, 0.29) is 17.9 Å². The van der Waals surface area contributed by atoms with E-state index < -0.39 is 0 Å². The molecule has 2 aromatic rings. The molecule has 1 fully saturated rings. The van der Waals surface area contributed by atoms with E-state index in [9.17, 15) is 9.59 Å². The minimum absolute atomic E-state index is 0.233. The van der Waals surface area contributed by atoms with Crippen LogP contribution in [-0.4, -0.2) is 54.8 Å². The summed E-state index contributed by atoms with van der Waals surface area (Å²) in [6.45, 7) is 8.07. The minimum Gasteiger partial charge on any atom is -0.366 e. The molecule has 2 aromatic carbocycles. The van der Waals surface area contributed by atoms with Gasteiger partial charge in [-0.1, -0.05) is 35.9 Å². The summed E-state index contributed by atoms with van der Waals surface area (Å²) in [4.78, 5) is 33.0. The molecule has 162 valence electrons. The van der Waals surface area contributed by atoms with Crippen molar-refractivity contribution in [3.05, 3.63) is 70.4 Å². The predicted molar refractivity (Wildman–Crippen MR) is 125 cm³/mol. The van der Waals surface area contributed by atoms with Crippen LogP contribution in [0.1, 0.15) is 35.1 Å². The average Bonchev–Trinajstić information content (AvgIpc) is 3.01. The quantitative estimate of drug-likeness (QED) is 0.708. The Hall–Kier alpha value is -2.92. The van der Waals surface area contributed by atoms with E-state index >= 15 is 0 Å². The van der Waals surface area contributed by atoms with E-state index in [1.807, 2.05) is 63.4 Å². The van der Waals surface area contributed by atoms with E-state index in [0.717, 1.165) is 42.6 Å². The Bertz CT molecular complexity index is 1050. The zero-order chi connectivity index (χ0) is 22.3. The lowest BCUT2D eigenvalue weighted by Crippen LogP contribution is -2.43. The van der Waals surface area contributed by atoms with Crippen molar-refractivity contribution in [1.29, 1.82) is 0 Å². The summed E-state index contributed by atoms with van der Waals surface area (Å²) in [5.41, 5.74) is 5.83. The first-order chi connectivity index (χ1) is 14.8. The number of benzene rings is 2. The van der Waals surface area contributed by atoms with Gasteiger partial charge in [-0.3, -0.25) is 9.59 Å². The number of likely N-dealkylation sites (tertiary alicyclic amines) is 1. The van der Waals surface area contributed by atoms with Crippen LogP contribution in [0, 0.1) is 20.8 Å². The van der Waals surface area contributed by atoms with Gasteiger partial charge < -0.3 is 9.80 Å². The van der Waals surface area contributed by atoms with Gasteiger partial charge in [0.15, 0.2) is 0 Å². The number of anilines is 1. The lowest BCUT2D eigenvalue weighted by atomic mass is 9.97. The van der Waals surface area contributed by atoms with Crippen LogP contribution in [0.25, 0.3) is 5.57 Å². The van der Waals surface area contributed by atoms with Gasteiger partial charge in [-0.2, -0.15) is 0 Å². The van der Waals surface area contributed by atoms with E-state index in [1.165, 1.54) is 10.5 Å². The monoisotopic (exact) mass is 417 g/mol. The third-order valence-corrected chi connectivity index (χ3v) is 6.74. The van der Waals surface area contributed by atoms with Crippen molar-refractivity contribution in [3.63, 3.8) is 0 Å². The lowest BCUT2D eigenvalue weighted by molar-refractivity contribution is -0.120. The fraction of sp³-hybridized carbons (Fsp3) is 0.385. The topological polar surface area (TPSA) is 43.9 Å². The van der Waals surface area contributed by atoms with Gasteiger partial charge in [0.25, 0.3) is 11.8 Å². The second-order valence-electron chi connectivity index (χ2n) is 8.95. The highest BCUT2D eigenvalue weighted by atomic mass is 16.2. The van der Waals surface area contributed by atoms with Gasteiger partial charge in [-0.25, -0.2) is 4.90 Å². The highest BCUT2D eigenvalue weighted by Gasteiger charge is 2.43. The number of hydrogen-bond acceptors (Lipinski definition) is 4. The van der Waals surface area contributed by atoms with E-state index in [4.69, 9.17) is 0 Å².